The number of methoxy groups -OCH3 is 3. The Hall–Kier alpha value is -1.99. The Kier molecular flexibility index (Phi) is 7.24. The number of morpholine rings is 1. The predicted octanol–water partition coefficient (Wildman–Crippen LogP) is 2.36. The molecule has 2 saturated heterocycles. The van der Waals surface area contributed by atoms with Crippen molar-refractivity contribution in [3.05, 3.63) is 17.7 Å². The molecule has 0 N–H and O–H groups in total. The van der Waals surface area contributed by atoms with Crippen molar-refractivity contribution in [3.8, 4) is 17.2 Å². The van der Waals surface area contributed by atoms with Crippen LogP contribution in [0.2, 0.25) is 0 Å². The number of carbonyl (C=O) groups is 1. The highest BCUT2D eigenvalue weighted by Gasteiger charge is 2.32. The largest absolute Gasteiger partial charge is 0.493 e. The summed E-state index contributed by atoms with van der Waals surface area (Å²) in [4.78, 5) is 17.6. The van der Waals surface area contributed by atoms with Crippen LogP contribution in [0.15, 0.2) is 12.1 Å². The van der Waals surface area contributed by atoms with Gasteiger partial charge in [-0.25, -0.2) is 0 Å². The number of carbonyl (C=O) groups excluding carboxylic acids is 1. The van der Waals surface area contributed by atoms with Gasteiger partial charge in [0, 0.05) is 32.2 Å². The summed E-state index contributed by atoms with van der Waals surface area (Å²) < 4.78 is 22.1. The van der Waals surface area contributed by atoms with Crippen LogP contribution in [-0.4, -0.2) is 81.5 Å². The van der Waals surface area contributed by atoms with Crippen molar-refractivity contribution in [2.75, 3.05) is 47.5 Å². The van der Waals surface area contributed by atoms with Crippen LogP contribution in [0.5, 0.6) is 17.2 Å². The zero-order valence-corrected chi connectivity index (χ0v) is 18.3. The highest BCUT2D eigenvalue weighted by atomic mass is 16.5. The van der Waals surface area contributed by atoms with E-state index in [4.69, 9.17) is 18.9 Å². The number of ether oxygens (including phenoxy) is 4. The molecule has 0 aromatic heterocycles. The minimum atomic E-state index is 0.149. The van der Waals surface area contributed by atoms with Gasteiger partial charge >= 0.3 is 0 Å². The van der Waals surface area contributed by atoms with Crippen LogP contribution in [0, 0.1) is 0 Å². The van der Waals surface area contributed by atoms with E-state index in [-0.39, 0.29) is 24.2 Å². The Morgan fingerprint density at radius 3 is 2.24 bits per heavy atom. The highest BCUT2D eigenvalue weighted by molar-refractivity contribution is 5.80. The number of hydrogen-bond donors (Lipinski definition) is 0. The topological polar surface area (TPSA) is 60.5 Å². The normalized spacial score (nSPS) is 25.1. The van der Waals surface area contributed by atoms with E-state index in [1.54, 1.807) is 21.3 Å². The molecule has 3 rings (SSSR count). The van der Waals surface area contributed by atoms with Crippen molar-refractivity contribution in [3.63, 3.8) is 0 Å². The summed E-state index contributed by atoms with van der Waals surface area (Å²) in [6.07, 6.45) is 2.91. The third-order valence-corrected chi connectivity index (χ3v) is 5.74. The molecular formula is C22H34N2O5. The lowest BCUT2D eigenvalue weighted by Crippen LogP contribution is -2.51. The first-order valence-corrected chi connectivity index (χ1v) is 10.4. The van der Waals surface area contributed by atoms with Crippen molar-refractivity contribution in [2.24, 2.45) is 0 Å². The molecule has 2 aliphatic rings. The van der Waals surface area contributed by atoms with Gasteiger partial charge in [0.1, 0.15) is 0 Å². The standard InChI is InChI=1S/C22H34N2O5/c1-15-12-23(13-16(2)29-15)14-18-7-6-8-24(18)21(25)11-17-9-19(26-3)22(28-5)20(10-17)27-4/h9-10,15-16,18H,6-8,11-14H2,1-5H3. The molecule has 0 spiro atoms. The lowest BCUT2D eigenvalue weighted by molar-refractivity contribution is -0.132. The fourth-order valence-corrected chi connectivity index (χ4v) is 4.60. The zero-order valence-electron chi connectivity index (χ0n) is 18.3. The fourth-order valence-electron chi connectivity index (χ4n) is 4.60. The first-order chi connectivity index (χ1) is 13.9. The molecule has 0 aliphatic carbocycles. The van der Waals surface area contributed by atoms with Crippen LogP contribution in [0.3, 0.4) is 0 Å². The maximum Gasteiger partial charge on any atom is 0.227 e. The lowest BCUT2D eigenvalue weighted by atomic mass is 10.1. The van der Waals surface area contributed by atoms with Crippen LogP contribution < -0.4 is 14.2 Å². The third-order valence-electron chi connectivity index (χ3n) is 5.74. The Balaban J connectivity index is 1.68. The molecule has 162 valence electrons. The maximum atomic E-state index is 13.1. The van der Waals surface area contributed by atoms with Crippen molar-refractivity contribution in [1.29, 1.82) is 0 Å². The van der Waals surface area contributed by atoms with E-state index >= 15 is 0 Å². The summed E-state index contributed by atoms with van der Waals surface area (Å²) in [6.45, 7) is 7.82. The second kappa shape index (κ2) is 9.67. The van der Waals surface area contributed by atoms with E-state index in [0.29, 0.717) is 23.7 Å². The Morgan fingerprint density at radius 2 is 1.69 bits per heavy atom. The summed E-state index contributed by atoms with van der Waals surface area (Å²) in [5.74, 6) is 1.84. The highest BCUT2D eigenvalue weighted by Crippen LogP contribution is 2.38. The molecule has 2 heterocycles. The molecular weight excluding hydrogens is 372 g/mol. The quantitative estimate of drug-likeness (QED) is 0.693. The smallest absolute Gasteiger partial charge is 0.227 e. The number of rotatable bonds is 7. The molecule has 2 aliphatic heterocycles. The first kappa shape index (κ1) is 21.7. The van der Waals surface area contributed by atoms with Gasteiger partial charge in [-0.1, -0.05) is 0 Å². The molecule has 7 heteroatoms. The van der Waals surface area contributed by atoms with Gasteiger partial charge < -0.3 is 23.8 Å². The summed E-state index contributed by atoms with van der Waals surface area (Å²) in [5.41, 5.74) is 0.865. The van der Waals surface area contributed by atoms with Gasteiger partial charge in [0.25, 0.3) is 0 Å². The second-order valence-electron chi connectivity index (χ2n) is 8.07. The second-order valence-corrected chi connectivity index (χ2v) is 8.07. The number of benzene rings is 1. The number of nitrogens with zero attached hydrogens (tertiary/aromatic N) is 2. The Morgan fingerprint density at radius 1 is 1.07 bits per heavy atom. The van der Waals surface area contributed by atoms with Crippen LogP contribution in [0.4, 0.5) is 0 Å². The van der Waals surface area contributed by atoms with Crippen LogP contribution in [0.25, 0.3) is 0 Å². The van der Waals surface area contributed by atoms with Gasteiger partial charge in [0.15, 0.2) is 11.5 Å². The molecule has 1 amide bonds. The summed E-state index contributed by atoms with van der Waals surface area (Å²) >= 11 is 0. The minimum Gasteiger partial charge on any atom is -0.493 e. The van der Waals surface area contributed by atoms with Crippen molar-refractivity contribution in [1.82, 2.24) is 9.80 Å². The third kappa shape index (κ3) is 5.14. The predicted molar refractivity (Wildman–Crippen MR) is 111 cm³/mol. The van der Waals surface area contributed by atoms with E-state index in [9.17, 15) is 4.79 Å². The monoisotopic (exact) mass is 406 g/mol. The summed E-state index contributed by atoms with van der Waals surface area (Å²) in [7, 11) is 4.75. The first-order valence-electron chi connectivity index (χ1n) is 10.4. The molecule has 2 fully saturated rings. The molecule has 0 radical (unpaired) electrons. The van der Waals surface area contributed by atoms with Gasteiger partial charge in [0.2, 0.25) is 11.7 Å². The maximum absolute atomic E-state index is 13.1. The molecule has 3 unspecified atom stereocenters. The van der Waals surface area contributed by atoms with Crippen molar-refractivity contribution >= 4 is 5.91 Å². The SMILES string of the molecule is COc1cc(CC(=O)N2CCCC2CN2CC(C)OC(C)C2)cc(OC)c1OC. The Labute approximate surface area is 173 Å². The van der Waals surface area contributed by atoms with E-state index in [1.165, 1.54) is 0 Å². The van der Waals surface area contributed by atoms with Gasteiger partial charge in [-0.15, -0.1) is 0 Å². The minimum absolute atomic E-state index is 0.149. The molecule has 7 nitrogen and oxygen atoms in total. The molecule has 3 atom stereocenters. The number of likely N-dealkylation sites (tertiary alicyclic amines) is 1. The molecule has 0 saturated carbocycles. The zero-order chi connectivity index (χ0) is 21.0. The number of hydrogen-bond acceptors (Lipinski definition) is 6. The molecule has 1 aromatic rings. The Bertz CT molecular complexity index is 675. The van der Waals surface area contributed by atoms with Gasteiger partial charge in [-0.05, 0) is 44.4 Å². The lowest BCUT2D eigenvalue weighted by Gasteiger charge is -2.38. The van der Waals surface area contributed by atoms with Gasteiger partial charge in [0.05, 0.1) is 40.0 Å². The molecule has 1 aromatic carbocycles. The van der Waals surface area contributed by atoms with Crippen molar-refractivity contribution in [2.45, 2.75) is 51.4 Å². The molecule has 29 heavy (non-hydrogen) atoms. The summed E-state index contributed by atoms with van der Waals surface area (Å²) in [5, 5.41) is 0. The van der Waals surface area contributed by atoms with Crippen LogP contribution >= 0.6 is 0 Å². The fraction of sp³-hybridized carbons (Fsp3) is 0.682. The van der Waals surface area contributed by atoms with E-state index < -0.39 is 0 Å². The van der Waals surface area contributed by atoms with Crippen molar-refractivity contribution < 1.29 is 23.7 Å². The average Bonchev–Trinajstić information content (AvgIpc) is 3.14. The van der Waals surface area contributed by atoms with Gasteiger partial charge in [-0.2, -0.15) is 0 Å². The van der Waals surface area contributed by atoms with E-state index in [0.717, 1.165) is 44.6 Å². The van der Waals surface area contributed by atoms with Gasteiger partial charge in [-0.3, -0.25) is 9.69 Å². The number of amides is 1. The van der Waals surface area contributed by atoms with E-state index in [1.807, 2.05) is 17.0 Å². The average molecular weight is 407 g/mol. The molecule has 0 bridgehead atoms. The van der Waals surface area contributed by atoms with E-state index in [2.05, 4.69) is 18.7 Å². The van der Waals surface area contributed by atoms with Crippen LogP contribution in [0.1, 0.15) is 32.3 Å². The summed E-state index contributed by atoms with van der Waals surface area (Å²) in [6, 6.07) is 3.98. The van der Waals surface area contributed by atoms with Crippen LogP contribution in [-0.2, 0) is 16.0 Å².